The minimum atomic E-state index is -1.15. The van der Waals surface area contributed by atoms with E-state index in [2.05, 4.69) is 68.9 Å². The van der Waals surface area contributed by atoms with Gasteiger partial charge in [-0.3, -0.25) is 0 Å². The monoisotopic (exact) mass is 1650 g/mol. The quantitative estimate of drug-likeness (QED) is 0.0153. The van der Waals surface area contributed by atoms with E-state index in [1.54, 1.807) is 270 Å². The SMILES string of the molecule is C=C(NOC(=O)c1cc(C(=O)ON=C(C)c2ccccc2)c2cc1Cc1cc(c(C(=O)ON=C(C)c3ccccc3)cc1C(=O)ON=C(C)c1ccccc1)Cc1cc(c(C(=O)ONC(=C)c3ccccc3)cc1C(=O)ON=C(C)c1ccccc1)Cc1cc(c(C(=O)ONC(=C)c3ccccc3)cc1C(=O)ONC(=C)c1ccccc1)C2)c1ccccc1. The molecule has 24 nitrogen and oxygen atoms in total. The van der Waals surface area contributed by atoms with Crippen LogP contribution in [0.2, 0.25) is 0 Å². The van der Waals surface area contributed by atoms with E-state index in [0.717, 1.165) is 0 Å². The van der Waals surface area contributed by atoms with E-state index >= 15 is 38.4 Å². The Kier molecular flexibility index (Phi) is 27.5. The first-order valence-electron chi connectivity index (χ1n) is 38.9. The van der Waals surface area contributed by atoms with Crippen molar-refractivity contribution in [1.82, 2.24) is 21.9 Å². The maximum Gasteiger partial charge on any atom is 0.366 e. The lowest BCUT2D eigenvalue weighted by Crippen LogP contribution is -2.24. The minimum absolute atomic E-state index is 0.0122. The van der Waals surface area contributed by atoms with E-state index in [4.69, 9.17) is 38.7 Å². The number of nitrogens with one attached hydrogen (secondary N) is 4. The van der Waals surface area contributed by atoms with Crippen LogP contribution in [-0.2, 0) is 64.4 Å². The second kappa shape index (κ2) is 40.1. The van der Waals surface area contributed by atoms with Crippen LogP contribution in [0, 0.1) is 0 Å². The maximum atomic E-state index is 15.6. The Labute approximate surface area is 713 Å². The Morgan fingerprint density at radius 2 is 0.363 bits per heavy atom. The molecular weight excluding hydrogens is 1570 g/mol. The van der Waals surface area contributed by atoms with Crippen LogP contribution in [0.15, 0.2) is 338 Å². The van der Waals surface area contributed by atoms with E-state index in [1.807, 2.05) is 0 Å². The van der Waals surface area contributed by atoms with Crippen molar-refractivity contribution in [3.8, 4) is 0 Å². The molecule has 1 aliphatic rings. The zero-order valence-electron chi connectivity index (χ0n) is 67.7. The number of carbonyl (C=O) groups excluding carboxylic acids is 8. The normalized spacial score (nSPS) is 11.8. The van der Waals surface area contributed by atoms with Gasteiger partial charge in [0.25, 0.3) is 0 Å². The van der Waals surface area contributed by atoms with Gasteiger partial charge < -0.3 is 38.7 Å². The van der Waals surface area contributed by atoms with Crippen LogP contribution in [0.3, 0.4) is 0 Å². The molecule has 0 spiro atoms. The van der Waals surface area contributed by atoms with Crippen molar-refractivity contribution in [2.75, 3.05) is 0 Å². The van der Waals surface area contributed by atoms with Crippen molar-refractivity contribution < 1.29 is 77.1 Å². The summed E-state index contributed by atoms with van der Waals surface area (Å²) in [4.78, 5) is 172. The summed E-state index contributed by atoms with van der Waals surface area (Å²) in [5.74, 6) is -9.13. The molecule has 0 heterocycles. The molecule has 0 unspecified atom stereocenters. The van der Waals surface area contributed by atoms with Gasteiger partial charge in [0.05, 0.1) is 90.1 Å². The number of carbonyl (C=O) groups is 8. The average Bonchev–Trinajstić information content (AvgIpc) is 0.760. The van der Waals surface area contributed by atoms with Gasteiger partial charge in [0.15, 0.2) is 0 Å². The summed E-state index contributed by atoms with van der Waals surface area (Å²) in [6.07, 6.45) is -2.14. The highest BCUT2D eigenvalue weighted by Gasteiger charge is 2.33. The molecule has 0 saturated carbocycles. The Morgan fingerprint density at radius 1 is 0.218 bits per heavy atom. The third-order valence-electron chi connectivity index (χ3n) is 20.0. The molecule has 0 radical (unpaired) electrons. The predicted octanol–water partition coefficient (Wildman–Crippen LogP) is 18.0. The van der Waals surface area contributed by atoms with Gasteiger partial charge in [-0.1, -0.05) is 314 Å². The number of hydrogen-bond acceptors (Lipinski definition) is 24. The van der Waals surface area contributed by atoms with Crippen molar-refractivity contribution >= 4 is 93.4 Å². The molecule has 0 amide bonds. The number of oxime groups is 4. The van der Waals surface area contributed by atoms with Crippen molar-refractivity contribution in [1.29, 1.82) is 0 Å². The number of hydroxylamine groups is 4. The van der Waals surface area contributed by atoms with Crippen molar-refractivity contribution in [3.05, 3.63) is 451 Å². The fourth-order valence-electron chi connectivity index (χ4n) is 13.3. The highest BCUT2D eigenvalue weighted by atomic mass is 16.7. The van der Waals surface area contributed by atoms with Gasteiger partial charge in [-0.05, 0) is 144 Å². The standard InChI is InChI=1S/C100H80N8O16/c1-61(69-33-17-9-18-34-69)101-117-93(109)85-57-86(94(110)118-102-62(2)70-35-19-10-20-36-70)78-49-77(85)53-79-50-80(88(96(112)120-104-64(4)72-39-23-12-24-40-72)58-87(79)95(111)119-103-63(3)71-37-21-11-22-38-71)55-83-52-84(92(100(116)124-108-68(8)76-47-31-16-32-48-76)60-91(83)99(115)123-107-67(7)75-45-29-15-30-46-75)56-82-51-81(54-78)89(97(113)121-105-65(5)73-41-25-13-26-42-73)59-90(82)98(114)122-106-66(6)74-43-27-14-28-44-74/h9-52,57-60,101-103,106H,1-3,6,53-56H2,4-5,7-8H3. The highest BCUT2D eigenvalue weighted by molar-refractivity contribution is 6.06. The van der Waals surface area contributed by atoms with Gasteiger partial charge in [-0.2, -0.15) is 0 Å². The number of benzene rings is 12. The third-order valence-corrected chi connectivity index (χ3v) is 20.0. The number of rotatable bonds is 28. The average molecular weight is 1650 g/mol. The molecule has 8 bridgehead atoms. The topological polar surface area (TPSA) is 308 Å². The molecule has 4 N–H and O–H groups in total. The van der Waals surface area contributed by atoms with Crippen molar-refractivity contribution in [2.45, 2.75) is 53.4 Å². The summed E-state index contributed by atoms with van der Waals surface area (Å²) in [5, 5.41) is 17.1. The molecule has 13 rings (SSSR count). The largest absolute Gasteiger partial charge is 0.366 e. The van der Waals surface area contributed by atoms with Gasteiger partial charge in [0, 0.05) is 22.3 Å². The zero-order valence-corrected chi connectivity index (χ0v) is 67.7. The summed E-state index contributed by atoms with van der Waals surface area (Å²) in [6.45, 7) is 22.9. The lowest BCUT2D eigenvalue weighted by molar-refractivity contribution is 0.0353. The molecule has 1 aliphatic carbocycles. The molecule has 12 aromatic rings. The second-order valence-corrected chi connectivity index (χ2v) is 28.4. The highest BCUT2D eigenvalue weighted by Crippen LogP contribution is 2.35. The number of nitrogens with zero attached hydrogens (tertiary/aromatic N) is 4. The first kappa shape index (κ1) is 85.1. The van der Waals surface area contributed by atoms with Crippen LogP contribution in [0.1, 0.15) is 200 Å². The van der Waals surface area contributed by atoms with Gasteiger partial charge in [0.2, 0.25) is 0 Å². The van der Waals surface area contributed by atoms with E-state index < -0.39 is 73.4 Å². The molecular formula is C100H80N8O16. The summed E-state index contributed by atoms with van der Waals surface area (Å²) in [6, 6.07) is 80.6. The molecule has 0 atom stereocenters. The Morgan fingerprint density at radius 3 is 0.524 bits per heavy atom. The van der Waals surface area contributed by atoms with Gasteiger partial charge in [-0.15, -0.1) is 0 Å². The molecule has 12 aromatic carbocycles. The first-order chi connectivity index (χ1) is 60.1. The van der Waals surface area contributed by atoms with Crippen molar-refractivity contribution in [2.24, 2.45) is 20.6 Å². The number of fused-ring (bicyclic) bond motifs is 8. The molecule has 616 valence electrons. The van der Waals surface area contributed by atoms with E-state index in [1.165, 1.54) is 48.5 Å². The summed E-state index contributed by atoms with van der Waals surface area (Å²) in [7, 11) is 0. The lowest BCUT2D eigenvalue weighted by Gasteiger charge is -2.22. The molecule has 0 aliphatic heterocycles. The predicted molar refractivity (Wildman–Crippen MR) is 469 cm³/mol. The van der Waals surface area contributed by atoms with Crippen LogP contribution in [0.4, 0.5) is 0 Å². The Hall–Kier alpha value is -16.8. The fraction of sp³-hybridized carbons (Fsp3) is 0.0800. The van der Waals surface area contributed by atoms with E-state index in [9.17, 15) is 0 Å². The summed E-state index contributed by atoms with van der Waals surface area (Å²) < 4.78 is 0. The molecule has 24 heteroatoms. The molecule has 124 heavy (non-hydrogen) atoms. The third kappa shape index (κ3) is 21.4. The van der Waals surface area contributed by atoms with E-state index in [0.29, 0.717) is 44.5 Å². The Bertz CT molecular complexity index is 6260. The summed E-state index contributed by atoms with van der Waals surface area (Å²) >= 11 is 0. The van der Waals surface area contributed by atoms with Crippen LogP contribution >= 0.6 is 0 Å². The van der Waals surface area contributed by atoms with Crippen LogP contribution < -0.4 is 21.9 Å². The molecule has 0 fully saturated rings. The van der Waals surface area contributed by atoms with Gasteiger partial charge in [0.1, 0.15) is 0 Å². The van der Waals surface area contributed by atoms with Gasteiger partial charge in [-0.25, -0.2) is 60.3 Å². The maximum absolute atomic E-state index is 15.6. The van der Waals surface area contributed by atoms with Crippen LogP contribution in [0.5, 0.6) is 0 Å². The lowest BCUT2D eigenvalue weighted by atomic mass is 9.84. The molecule has 0 saturated heterocycles. The van der Waals surface area contributed by atoms with Crippen molar-refractivity contribution in [3.63, 3.8) is 0 Å². The first-order valence-corrected chi connectivity index (χ1v) is 38.9. The van der Waals surface area contributed by atoms with Gasteiger partial charge >= 0.3 is 47.8 Å². The fourth-order valence-corrected chi connectivity index (χ4v) is 13.3. The Balaban J connectivity index is 1.11. The number of hydrogen-bond donors (Lipinski definition) is 4. The molecule has 0 aromatic heterocycles. The smallest absolute Gasteiger partial charge is 0.338 e. The van der Waals surface area contributed by atoms with Crippen LogP contribution in [0.25, 0.3) is 22.8 Å². The zero-order chi connectivity index (χ0) is 87.2. The summed E-state index contributed by atoms with van der Waals surface area (Å²) in [5.41, 5.74) is 13.6. The second-order valence-electron chi connectivity index (χ2n) is 28.4. The minimum Gasteiger partial charge on any atom is -0.338 e. The van der Waals surface area contributed by atoms with E-state index in [-0.39, 0.29) is 135 Å². The van der Waals surface area contributed by atoms with Crippen LogP contribution in [-0.4, -0.2) is 70.6 Å².